The Morgan fingerprint density at radius 2 is 1.96 bits per heavy atom. The maximum atomic E-state index is 12.1. The molecule has 1 N–H and O–H groups in total. The minimum absolute atomic E-state index is 0.281. The number of rotatable bonds is 6. The Kier molecular flexibility index (Phi) is 6.14. The van der Waals surface area contributed by atoms with E-state index in [1.54, 1.807) is 4.90 Å². The van der Waals surface area contributed by atoms with Crippen LogP contribution in [0.2, 0.25) is 0 Å². The number of hydrogen-bond acceptors (Lipinski definition) is 8. The molecule has 0 unspecified atom stereocenters. The zero-order valence-electron chi connectivity index (χ0n) is 14.9. The van der Waals surface area contributed by atoms with Crippen molar-refractivity contribution in [2.45, 2.75) is 0 Å². The van der Waals surface area contributed by atoms with E-state index in [1.165, 1.54) is 13.2 Å². The van der Waals surface area contributed by atoms with Crippen LogP contribution in [-0.4, -0.2) is 88.8 Å². The maximum Gasteiger partial charge on any atom is 0.239 e. The molecule has 1 aliphatic heterocycles. The number of morpholine rings is 1. The Balaban J connectivity index is 2.15. The highest BCUT2D eigenvalue weighted by Crippen LogP contribution is 2.24. The lowest BCUT2D eigenvalue weighted by Gasteiger charge is -2.28. The average Bonchev–Trinajstić information content (AvgIpc) is 2.54. The molecule has 1 saturated heterocycles. The second-order valence-corrected chi connectivity index (χ2v) is 8.06. The molecule has 140 valence electrons. The normalized spacial score (nSPS) is 15.3. The predicted octanol–water partition coefficient (Wildman–Crippen LogP) is -0.791. The van der Waals surface area contributed by atoms with Gasteiger partial charge in [-0.05, 0) is 0 Å². The van der Waals surface area contributed by atoms with Crippen molar-refractivity contribution >= 4 is 33.4 Å². The minimum Gasteiger partial charge on any atom is -0.378 e. The monoisotopic (exact) mass is 372 g/mol. The van der Waals surface area contributed by atoms with Gasteiger partial charge in [0, 0.05) is 34.2 Å². The van der Waals surface area contributed by atoms with E-state index in [-0.39, 0.29) is 6.54 Å². The minimum atomic E-state index is -3.43. The van der Waals surface area contributed by atoms with Gasteiger partial charge in [0.25, 0.3) is 0 Å². The molecule has 0 atom stereocenters. The van der Waals surface area contributed by atoms with Gasteiger partial charge in [-0.25, -0.2) is 13.4 Å². The van der Waals surface area contributed by atoms with Crippen LogP contribution in [0.5, 0.6) is 0 Å². The molecule has 1 aromatic rings. The largest absolute Gasteiger partial charge is 0.378 e. The van der Waals surface area contributed by atoms with Crippen LogP contribution in [0.1, 0.15) is 0 Å². The van der Waals surface area contributed by atoms with E-state index in [0.717, 1.165) is 10.6 Å². The molecule has 0 saturated carbocycles. The van der Waals surface area contributed by atoms with Crippen LogP contribution in [-0.2, 0) is 19.6 Å². The van der Waals surface area contributed by atoms with Gasteiger partial charge in [0.05, 0.1) is 32.2 Å². The van der Waals surface area contributed by atoms with Crippen LogP contribution >= 0.6 is 0 Å². The Morgan fingerprint density at radius 3 is 2.52 bits per heavy atom. The fourth-order valence-corrected chi connectivity index (χ4v) is 2.57. The third-order valence-corrected chi connectivity index (χ3v) is 4.94. The van der Waals surface area contributed by atoms with E-state index < -0.39 is 15.9 Å². The summed E-state index contributed by atoms with van der Waals surface area (Å²) in [7, 11) is 1.54. The number of carbonyl (C=O) groups is 1. The fraction of sp³-hybridized carbons (Fsp3) is 0.643. The molecule has 2 rings (SSSR count). The Bertz CT molecular complexity index is 718. The smallest absolute Gasteiger partial charge is 0.239 e. The van der Waals surface area contributed by atoms with Gasteiger partial charge < -0.3 is 19.9 Å². The summed E-state index contributed by atoms with van der Waals surface area (Å²) in [4.78, 5) is 24.7. The van der Waals surface area contributed by atoms with E-state index >= 15 is 0 Å². The number of carbonyl (C=O) groups excluding carboxylic acids is 1. The molecule has 0 bridgehead atoms. The Hall–Kier alpha value is -1.98. The van der Waals surface area contributed by atoms with Gasteiger partial charge in [-0.2, -0.15) is 9.29 Å². The molecule has 1 fully saturated rings. The van der Waals surface area contributed by atoms with Crippen molar-refractivity contribution in [3.8, 4) is 0 Å². The summed E-state index contributed by atoms with van der Waals surface area (Å²) < 4.78 is 29.1. The Labute approximate surface area is 147 Å². The summed E-state index contributed by atoms with van der Waals surface area (Å²) >= 11 is 0. The molecular weight excluding hydrogens is 348 g/mol. The molecule has 0 aliphatic carbocycles. The van der Waals surface area contributed by atoms with E-state index in [2.05, 4.69) is 15.3 Å². The molecule has 1 aromatic heterocycles. The van der Waals surface area contributed by atoms with E-state index in [1.807, 2.05) is 19.0 Å². The first-order valence-corrected chi connectivity index (χ1v) is 9.61. The zero-order valence-corrected chi connectivity index (χ0v) is 15.7. The SMILES string of the molecule is CN(C)c1nc(N2CCOCC2)ncc1NC(=O)CN(C)S(C)(=O)=O. The summed E-state index contributed by atoms with van der Waals surface area (Å²) in [5.41, 5.74) is 0.425. The first-order chi connectivity index (χ1) is 11.7. The van der Waals surface area contributed by atoms with Gasteiger partial charge in [-0.15, -0.1) is 0 Å². The number of hydrogen-bond donors (Lipinski definition) is 1. The van der Waals surface area contributed by atoms with E-state index in [4.69, 9.17) is 4.74 Å². The van der Waals surface area contributed by atoms with Gasteiger partial charge in [-0.1, -0.05) is 0 Å². The standard InChI is InChI=1S/C14H24N6O4S/c1-18(2)13-11(16-12(21)10-19(3)25(4,22)23)9-15-14(17-13)20-5-7-24-8-6-20/h9H,5-8,10H2,1-4H3,(H,16,21). The highest BCUT2D eigenvalue weighted by molar-refractivity contribution is 7.88. The highest BCUT2D eigenvalue weighted by atomic mass is 32.2. The lowest BCUT2D eigenvalue weighted by Crippen LogP contribution is -2.37. The van der Waals surface area contributed by atoms with Gasteiger partial charge in [0.1, 0.15) is 5.69 Å². The van der Waals surface area contributed by atoms with E-state index in [9.17, 15) is 13.2 Å². The fourth-order valence-electron chi connectivity index (χ4n) is 2.22. The average molecular weight is 372 g/mol. The van der Waals surface area contributed by atoms with Crippen LogP contribution < -0.4 is 15.1 Å². The number of likely N-dealkylation sites (N-methyl/N-ethyl adjacent to an activating group) is 1. The van der Waals surface area contributed by atoms with Crippen molar-refractivity contribution in [3.05, 3.63) is 6.20 Å². The van der Waals surface area contributed by atoms with Crippen LogP contribution in [0.4, 0.5) is 17.5 Å². The molecular formula is C14H24N6O4S. The van der Waals surface area contributed by atoms with Crippen LogP contribution in [0.25, 0.3) is 0 Å². The molecule has 1 aliphatic rings. The molecule has 2 heterocycles. The third-order valence-electron chi connectivity index (χ3n) is 3.68. The van der Waals surface area contributed by atoms with Crippen molar-refractivity contribution in [3.63, 3.8) is 0 Å². The summed E-state index contributed by atoms with van der Waals surface area (Å²) in [5.74, 6) is 0.656. The molecule has 10 nitrogen and oxygen atoms in total. The molecule has 11 heteroatoms. The summed E-state index contributed by atoms with van der Waals surface area (Å²) in [6.07, 6.45) is 2.58. The van der Waals surface area contributed by atoms with Crippen molar-refractivity contribution < 1.29 is 17.9 Å². The quantitative estimate of drug-likeness (QED) is 0.692. The van der Waals surface area contributed by atoms with Gasteiger partial charge >= 0.3 is 0 Å². The lowest BCUT2D eigenvalue weighted by atomic mass is 10.4. The predicted molar refractivity (Wildman–Crippen MR) is 95.5 cm³/mol. The van der Waals surface area contributed by atoms with Crippen molar-refractivity contribution in [2.75, 3.05) is 75.4 Å². The number of aromatic nitrogens is 2. The van der Waals surface area contributed by atoms with Crippen molar-refractivity contribution in [2.24, 2.45) is 0 Å². The second kappa shape index (κ2) is 7.93. The first kappa shape index (κ1) is 19.3. The Morgan fingerprint density at radius 1 is 1.32 bits per heavy atom. The molecule has 0 spiro atoms. The van der Waals surface area contributed by atoms with Crippen LogP contribution in [0.15, 0.2) is 6.20 Å². The molecule has 1 amide bonds. The number of anilines is 3. The number of amides is 1. The second-order valence-electron chi connectivity index (χ2n) is 5.97. The van der Waals surface area contributed by atoms with Crippen LogP contribution in [0.3, 0.4) is 0 Å². The van der Waals surface area contributed by atoms with Crippen LogP contribution in [0, 0.1) is 0 Å². The summed E-state index contributed by atoms with van der Waals surface area (Å²) in [5, 5.41) is 2.67. The highest BCUT2D eigenvalue weighted by Gasteiger charge is 2.20. The summed E-state index contributed by atoms with van der Waals surface area (Å²) in [6, 6.07) is 0. The topological polar surface area (TPSA) is 108 Å². The number of nitrogens with one attached hydrogen (secondary N) is 1. The van der Waals surface area contributed by atoms with Gasteiger partial charge in [0.2, 0.25) is 21.9 Å². The maximum absolute atomic E-state index is 12.1. The van der Waals surface area contributed by atoms with Crippen molar-refractivity contribution in [1.29, 1.82) is 0 Å². The number of ether oxygens (including phenoxy) is 1. The lowest BCUT2D eigenvalue weighted by molar-refractivity contribution is -0.116. The third kappa shape index (κ3) is 5.25. The van der Waals surface area contributed by atoms with Gasteiger partial charge in [-0.3, -0.25) is 4.79 Å². The molecule has 0 radical (unpaired) electrons. The van der Waals surface area contributed by atoms with Gasteiger partial charge in [0.15, 0.2) is 5.82 Å². The number of nitrogens with zero attached hydrogens (tertiary/aromatic N) is 5. The summed E-state index contributed by atoms with van der Waals surface area (Å²) in [6.45, 7) is 2.38. The molecule has 25 heavy (non-hydrogen) atoms. The number of sulfonamides is 1. The zero-order chi connectivity index (χ0) is 18.6. The molecule has 0 aromatic carbocycles. The van der Waals surface area contributed by atoms with Crippen molar-refractivity contribution in [1.82, 2.24) is 14.3 Å². The first-order valence-electron chi connectivity index (χ1n) is 7.76. The van der Waals surface area contributed by atoms with E-state index in [0.29, 0.717) is 43.8 Å².